The molecule has 0 spiro atoms. The molecule has 0 saturated heterocycles. The maximum absolute atomic E-state index is 2.38. The third kappa shape index (κ3) is 5.01. The highest BCUT2D eigenvalue weighted by atomic mass is 14.3. The normalized spacial score (nSPS) is 11.7. The summed E-state index contributed by atoms with van der Waals surface area (Å²) >= 11 is 0. The fraction of sp³-hybridized carbons (Fsp3) is 0.684. The van der Waals surface area contributed by atoms with Gasteiger partial charge in [0.25, 0.3) is 0 Å². The summed E-state index contributed by atoms with van der Waals surface area (Å²) in [7, 11) is 0. The van der Waals surface area contributed by atoms with Crippen molar-refractivity contribution in [3.05, 3.63) is 35.9 Å². The number of rotatable bonds is 10. The second-order valence-corrected chi connectivity index (χ2v) is 5.91. The van der Waals surface area contributed by atoms with Crippen LogP contribution in [0.15, 0.2) is 30.3 Å². The molecule has 0 heterocycles. The van der Waals surface area contributed by atoms with Crippen molar-refractivity contribution in [2.24, 2.45) is 0 Å². The van der Waals surface area contributed by atoms with Crippen LogP contribution in [-0.2, 0) is 5.41 Å². The van der Waals surface area contributed by atoms with Crippen LogP contribution in [0, 0.1) is 0 Å². The number of hydrogen-bond donors (Lipinski definition) is 0. The molecule has 0 fully saturated rings. The van der Waals surface area contributed by atoms with Crippen LogP contribution in [0.3, 0.4) is 0 Å². The summed E-state index contributed by atoms with van der Waals surface area (Å²) in [4.78, 5) is 0. The van der Waals surface area contributed by atoms with E-state index >= 15 is 0 Å². The van der Waals surface area contributed by atoms with Crippen molar-refractivity contribution in [2.45, 2.75) is 84.0 Å². The lowest BCUT2D eigenvalue weighted by Crippen LogP contribution is -2.25. The van der Waals surface area contributed by atoms with Crippen LogP contribution in [-0.4, -0.2) is 0 Å². The minimum absolute atomic E-state index is 0.436. The van der Waals surface area contributed by atoms with E-state index in [0.717, 1.165) is 0 Å². The van der Waals surface area contributed by atoms with Crippen molar-refractivity contribution in [3.8, 4) is 0 Å². The van der Waals surface area contributed by atoms with E-state index in [1.807, 2.05) is 0 Å². The Hall–Kier alpha value is -0.780. The van der Waals surface area contributed by atoms with Gasteiger partial charge in [-0.05, 0) is 30.2 Å². The molecule has 0 atom stereocenters. The third-order valence-electron chi connectivity index (χ3n) is 4.58. The van der Waals surface area contributed by atoms with Gasteiger partial charge in [0.2, 0.25) is 0 Å². The maximum atomic E-state index is 2.38. The van der Waals surface area contributed by atoms with Gasteiger partial charge in [-0.15, -0.1) is 0 Å². The van der Waals surface area contributed by atoms with E-state index in [1.54, 1.807) is 5.56 Å². The predicted octanol–water partition coefficient (Wildman–Crippen LogP) is 6.50. The van der Waals surface area contributed by atoms with Gasteiger partial charge < -0.3 is 0 Å². The molecule has 0 aliphatic rings. The van der Waals surface area contributed by atoms with Gasteiger partial charge in [-0.3, -0.25) is 0 Å². The number of benzene rings is 1. The predicted molar refractivity (Wildman–Crippen MR) is 86.7 cm³/mol. The first-order chi connectivity index (χ1) is 9.29. The highest BCUT2D eigenvalue weighted by Crippen LogP contribution is 2.38. The topological polar surface area (TPSA) is 0 Å². The summed E-state index contributed by atoms with van der Waals surface area (Å²) < 4.78 is 0. The first-order valence-corrected chi connectivity index (χ1v) is 8.34. The molecule has 108 valence electrons. The Morgan fingerprint density at radius 2 is 1.26 bits per heavy atom. The van der Waals surface area contributed by atoms with Crippen LogP contribution in [0.2, 0.25) is 0 Å². The lowest BCUT2D eigenvalue weighted by molar-refractivity contribution is 0.325. The SMILES string of the molecule is CCCCCC(CC)(CCCCC)c1ccccc1. The lowest BCUT2D eigenvalue weighted by atomic mass is 9.71. The molecule has 1 aromatic rings. The molecule has 0 aliphatic carbocycles. The molecular weight excluding hydrogens is 228 g/mol. The van der Waals surface area contributed by atoms with Gasteiger partial charge in [-0.1, -0.05) is 89.6 Å². The fourth-order valence-electron chi connectivity index (χ4n) is 3.19. The van der Waals surface area contributed by atoms with E-state index < -0.39 is 0 Å². The van der Waals surface area contributed by atoms with Gasteiger partial charge in [-0.25, -0.2) is 0 Å². The third-order valence-corrected chi connectivity index (χ3v) is 4.58. The molecule has 0 aliphatic heterocycles. The average molecular weight is 260 g/mol. The highest BCUT2D eigenvalue weighted by molar-refractivity contribution is 5.25. The van der Waals surface area contributed by atoms with Gasteiger partial charge >= 0.3 is 0 Å². The zero-order valence-electron chi connectivity index (χ0n) is 13.3. The first kappa shape index (κ1) is 16.3. The maximum Gasteiger partial charge on any atom is -0.00496 e. The number of unbranched alkanes of at least 4 members (excludes halogenated alkanes) is 4. The molecule has 0 amide bonds. The van der Waals surface area contributed by atoms with Crippen LogP contribution in [0.5, 0.6) is 0 Å². The van der Waals surface area contributed by atoms with Gasteiger partial charge in [-0.2, -0.15) is 0 Å². The zero-order valence-corrected chi connectivity index (χ0v) is 13.3. The molecule has 0 nitrogen and oxygen atoms in total. The quantitative estimate of drug-likeness (QED) is 0.421. The van der Waals surface area contributed by atoms with Crippen LogP contribution in [0.1, 0.15) is 84.1 Å². The van der Waals surface area contributed by atoms with E-state index in [2.05, 4.69) is 51.1 Å². The Labute approximate surface area is 120 Å². The molecule has 19 heavy (non-hydrogen) atoms. The minimum atomic E-state index is 0.436. The minimum Gasteiger partial charge on any atom is -0.0654 e. The molecule has 1 aromatic carbocycles. The van der Waals surface area contributed by atoms with Crippen molar-refractivity contribution in [1.82, 2.24) is 0 Å². The zero-order chi connectivity index (χ0) is 14.0. The molecule has 0 saturated carbocycles. The first-order valence-electron chi connectivity index (χ1n) is 8.34. The van der Waals surface area contributed by atoms with Crippen molar-refractivity contribution in [2.75, 3.05) is 0 Å². The highest BCUT2D eigenvalue weighted by Gasteiger charge is 2.28. The van der Waals surface area contributed by atoms with E-state index in [0.29, 0.717) is 5.41 Å². The smallest absolute Gasteiger partial charge is 0.00496 e. The molecule has 0 bridgehead atoms. The molecule has 0 unspecified atom stereocenters. The summed E-state index contributed by atoms with van der Waals surface area (Å²) in [5.74, 6) is 0. The Balaban J connectivity index is 2.79. The molecule has 0 radical (unpaired) electrons. The lowest BCUT2D eigenvalue weighted by Gasteiger charge is -2.34. The second kappa shape index (κ2) is 9.18. The van der Waals surface area contributed by atoms with Crippen molar-refractivity contribution in [1.29, 1.82) is 0 Å². The van der Waals surface area contributed by atoms with Gasteiger partial charge in [0.1, 0.15) is 0 Å². The Kier molecular flexibility index (Phi) is 7.86. The number of hydrogen-bond acceptors (Lipinski definition) is 0. The van der Waals surface area contributed by atoms with Gasteiger partial charge in [0, 0.05) is 0 Å². The molecule has 0 aromatic heterocycles. The molecular formula is C19H32. The Bertz CT molecular complexity index is 302. The van der Waals surface area contributed by atoms with Gasteiger partial charge in [0.05, 0.1) is 0 Å². The summed E-state index contributed by atoms with van der Waals surface area (Å²) in [5, 5.41) is 0. The summed E-state index contributed by atoms with van der Waals surface area (Å²) in [5.41, 5.74) is 2.01. The molecule has 1 rings (SSSR count). The fourth-order valence-corrected chi connectivity index (χ4v) is 3.19. The van der Waals surface area contributed by atoms with Crippen LogP contribution in [0.25, 0.3) is 0 Å². The van der Waals surface area contributed by atoms with E-state index in [9.17, 15) is 0 Å². The summed E-state index contributed by atoms with van der Waals surface area (Å²) in [6, 6.07) is 11.3. The summed E-state index contributed by atoms with van der Waals surface area (Å²) in [6.07, 6.45) is 12.2. The largest absolute Gasteiger partial charge is 0.0654 e. The van der Waals surface area contributed by atoms with Crippen molar-refractivity contribution in [3.63, 3.8) is 0 Å². The van der Waals surface area contributed by atoms with Crippen LogP contribution in [0.4, 0.5) is 0 Å². The van der Waals surface area contributed by atoms with E-state index in [4.69, 9.17) is 0 Å². The van der Waals surface area contributed by atoms with Crippen molar-refractivity contribution >= 4 is 0 Å². The van der Waals surface area contributed by atoms with Gasteiger partial charge in [0.15, 0.2) is 0 Å². The Morgan fingerprint density at radius 1 is 0.737 bits per heavy atom. The molecule has 0 N–H and O–H groups in total. The van der Waals surface area contributed by atoms with Crippen molar-refractivity contribution < 1.29 is 0 Å². The van der Waals surface area contributed by atoms with E-state index in [1.165, 1.54) is 57.8 Å². The van der Waals surface area contributed by atoms with Crippen LogP contribution >= 0.6 is 0 Å². The average Bonchev–Trinajstić information content (AvgIpc) is 2.47. The second-order valence-electron chi connectivity index (χ2n) is 5.91. The monoisotopic (exact) mass is 260 g/mol. The standard InChI is InChI=1S/C19H32/c1-4-7-12-16-19(6-3,17-13-8-5-2)18-14-10-9-11-15-18/h9-11,14-15H,4-8,12-13,16-17H2,1-3H3. The Morgan fingerprint density at radius 3 is 1.68 bits per heavy atom. The van der Waals surface area contributed by atoms with E-state index in [-0.39, 0.29) is 0 Å². The summed E-state index contributed by atoms with van der Waals surface area (Å²) in [6.45, 7) is 6.98. The van der Waals surface area contributed by atoms with Crippen LogP contribution < -0.4 is 0 Å². The molecule has 0 heteroatoms.